The van der Waals surface area contributed by atoms with Crippen LogP contribution in [0.3, 0.4) is 0 Å². The van der Waals surface area contributed by atoms with Crippen LogP contribution >= 0.6 is 0 Å². The van der Waals surface area contributed by atoms with Crippen molar-refractivity contribution in [1.29, 1.82) is 0 Å². The highest BCUT2D eigenvalue weighted by atomic mass is 16.6. The van der Waals surface area contributed by atoms with Crippen molar-refractivity contribution in [2.45, 2.75) is 45.4 Å². The molecule has 15 heteroatoms. The molecule has 0 aliphatic rings. The van der Waals surface area contributed by atoms with Gasteiger partial charge in [-0.1, -0.05) is 44.2 Å². The minimum Gasteiger partial charge on any atom is -0.445 e. The average molecular weight is 585 g/mol. The first kappa shape index (κ1) is 33.0. The van der Waals surface area contributed by atoms with E-state index in [9.17, 15) is 29.3 Å². The van der Waals surface area contributed by atoms with E-state index in [1.807, 2.05) is 6.07 Å². The summed E-state index contributed by atoms with van der Waals surface area (Å²) in [6.07, 6.45) is -0.299. The Kier molecular flexibility index (Phi) is 13.2. The van der Waals surface area contributed by atoms with Crippen LogP contribution in [0.1, 0.15) is 32.3 Å². The van der Waals surface area contributed by atoms with Crippen molar-refractivity contribution in [3.63, 3.8) is 0 Å². The Bertz CT molecular complexity index is 1250. The topological polar surface area (TPSA) is 233 Å². The molecule has 2 aromatic carbocycles. The number of hydrogen-bond acceptors (Lipinski definition) is 8. The van der Waals surface area contributed by atoms with Crippen molar-refractivity contribution in [2.75, 3.05) is 18.4 Å². The van der Waals surface area contributed by atoms with Gasteiger partial charge in [0.05, 0.1) is 11.5 Å². The molecule has 4 amide bonds. The number of carbonyl (C=O) groups is 4. The third-order valence-electron chi connectivity index (χ3n) is 5.80. The van der Waals surface area contributed by atoms with E-state index in [2.05, 4.69) is 26.3 Å². The molecule has 0 bridgehead atoms. The molecular weight excluding hydrogens is 548 g/mol. The maximum atomic E-state index is 12.9. The molecule has 0 heterocycles. The van der Waals surface area contributed by atoms with Crippen LogP contribution < -0.4 is 32.7 Å². The summed E-state index contributed by atoms with van der Waals surface area (Å²) in [4.78, 5) is 64.8. The van der Waals surface area contributed by atoms with Crippen LogP contribution in [-0.4, -0.2) is 59.9 Å². The first-order chi connectivity index (χ1) is 20.0. The summed E-state index contributed by atoms with van der Waals surface area (Å²) in [5.41, 5.74) is 11.6. The van der Waals surface area contributed by atoms with Crippen LogP contribution in [-0.2, 0) is 25.7 Å². The zero-order chi connectivity index (χ0) is 31.1. The first-order valence-corrected chi connectivity index (χ1v) is 13.1. The normalized spacial score (nSPS) is 11.9. The number of amides is 4. The number of carbonyl (C=O) groups excluding carboxylic acids is 4. The summed E-state index contributed by atoms with van der Waals surface area (Å²) in [5, 5.41) is 21.0. The molecule has 15 nitrogen and oxygen atoms in total. The fourth-order valence-electron chi connectivity index (χ4n) is 3.62. The van der Waals surface area contributed by atoms with E-state index >= 15 is 0 Å². The number of nitro groups is 1. The lowest BCUT2D eigenvalue weighted by Gasteiger charge is -2.22. The van der Waals surface area contributed by atoms with Crippen molar-refractivity contribution < 1.29 is 28.8 Å². The number of guanidine groups is 1. The minimum absolute atomic E-state index is 0.0218. The van der Waals surface area contributed by atoms with Gasteiger partial charge in [-0.05, 0) is 36.5 Å². The molecular formula is C27H36N8O7. The number of nitro benzene ring substituents is 1. The number of rotatable bonds is 15. The molecule has 0 aliphatic carbocycles. The number of ether oxygens (including phenoxy) is 1. The van der Waals surface area contributed by atoms with Gasteiger partial charge in [-0.2, -0.15) is 0 Å². The highest BCUT2D eigenvalue weighted by molar-refractivity contribution is 5.98. The Morgan fingerprint density at radius 3 is 2.24 bits per heavy atom. The molecule has 8 N–H and O–H groups in total. The molecule has 2 aromatic rings. The molecule has 0 radical (unpaired) electrons. The number of anilines is 1. The second-order valence-corrected chi connectivity index (χ2v) is 9.51. The summed E-state index contributed by atoms with van der Waals surface area (Å²) in [7, 11) is 0. The van der Waals surface area contributed by atoms with E-state index < -0.39 is 47.4 Å². The molecule has 0 saturated heterocycles. The van der Waals surface area contributed by atoms with Gasteiger partial charge in [0.2, 0.25) is 17.7 Å². The Labute approximate surface area is 242 Å². The number of nitrogens with zero attached hydrogens (tertiary/aromatic N) is 2. The number of benzene rings is 2. The number of non-ortho nitro benzene ring substituents is 1. The molecule has 42 heavy (non-hydrogen) atoms. The number of aliphatic imine (C=N–C) groups is 1. The SMILES string of the molecule is CC(C)C(NC(=O)OCc1ccccc1)C(=O)NCC(=O)NC(CCCN=C(N)N)C(=O)Nc1ccc([N+](=O)[O-])cc1. The number of hydrogen-bond donors (Lipinski definition) is 6. The smallest absolute Gasteiger partial charge is 0.408 e. The fraction of sp³-hybridized carbons (Fsp3) is 0.370. The van der Waals surface area contributed by atoms with E-state index in [1.54, 1.807) is 38.1 Å². The zero-order valence-corrected chi connectivity index (χ0v) is 23.4. The summed E-state index contributed by atoms with van der Waals surface area (Å²) in [5.74, 6) is -2.31. The Morgan fingerprint density at radius 2 is 1.64 bits per heavy atom. The van der Waals surface area contributed by atoms with E-state index in [4.69, 9.17) is 16.2 Å². The van der Waals surface area contributed by atoms with E-state index in [0.717, 1.165) is 5.56 Å². The average Bonchev–Trinajstić information content (AvgIpc) is 2.95. The van der Waals surface area contributed by atoms with Gasteiger partial charge < -0.3 is 37.5 Å². The summed E-state index contributed by atoms with van der Waals surface area (Å²) in [6.45, 7) is 3.19. The number of nitrogens with one attached hydrogen (secondary N) is 4. The van der Waals surface area contributed by atoms with Crippen molar-refractivity contribution in [3.05, 3.63) is 70.3 Å². The molecule has 0 aromatic heterocycles. The zero-order valence-electron chi connectivity index (χ0n) is 23.4. The van der Waals surface area contributed by atoms with Crippen LogP contribution in [0.4, 0.5) is 16.2 Å². The van der Waals surface area contributed by atoms with Crippen molar-refractivity contribution in [2.24, 2.45) is 22.4 Å². The molecule has 0 saturated carbocycles. The maximum Gasteiger partial charge on any atom is 0.408 e. The monoisotopic (exact) mass is 584 g/mol. The second-order valence-electron chi connectivity index (χ2n) is 9.51. The predicted molar refractivity (Wildman–Crippen MR) is 155 cm³/mol. The summed E-state index contributed by atoms with van der Waals surface area (Å²) < 4.78 is 5.18. The molecule has 2 atom stereocenters. The van der Waals surface area contributed by atoms with E-state index in [-0.39, 0.29) is 42.8 Å². The van der Waals surface area contributed by atoms with Gasteiger partial charge in [-0.25, -0.2) is 4.79 Å². The largest absolute Gasteiger partial charge is 0.445 e. The lowest BCUT2D eigenvalue weighted by Crippen LogP contribution is -2.53. The molecule has 0 fully saturated rings. The van der Waals surface area contributed by atoms with Gasteiger partial charge in [-0.15, -0.1) is 0 Å². The van der Waals surface area contributed by atoms with Gasteiger partial charge in [0.25, 0.3) is 5.69 Å². The van der Waals surface area contributed by atoms with Crippen LogP contribution in [0.25, 0.3) is 0 Å². The third kappa shape index (κ3) is 11.9. The first-order valence-electron chi connectivity index (χ1n) is 13.1. The molecule has 0 aliphatic heterocycles. The van der Waals surface area contributed by atoms with Gasteiger partial charge in [0.15, 0.2) is 5.96 Å². The second kappa shape index (κ2) is 16.8. The minimum atomic E-state index is -1.04. The standard InChI is InChI=1S/C27H36N8O7/c1-17(2)23(34-27(39)42-16-18-7-4-3-5-8-18)25(38)31-15-22(36)33-21(9-6-14-30-26(28)29)24(37)32-19-10-12-20(13-11-19)35(40)41/h3-5,7-8,10-13,17,21,23H,6,9,14-16H2,1-2H3,(H,31,38)(H,32,37)(H,33,36)(H,34,39)(H4,28,29,30). The predicted octanol–water partition coefficient (Wildman–Crippen LogP) is 1.14. The molecule has 2 rings (SSSR count). The third-order valence-corrected chi connectivity index (χ3v) is 5.80. The van der Waals surface area contributed by atoms with Gasteiger partial charge in [-0.3, -0.25) is 29.5 Å². The van der Waals surface area contributed by atoms with Crippen molar-refractivity contribution in [1.82, 2.24) is 16.0 Å². The highest BCUT2D eigenvalue weighted by Gasteiger charge is 2.26. The molecule has 0 spiro atoms. The highest BCUT2D eigenvalue weighted by Crippen LogP contribution is 2.16. The van der Waals surface area contributed by atoms with Gasteiger partial charge in [0.1, 0.15) is 18.7 Å². The number of alkyl carbamates (subject to hydrolysis) is 1. The van der Waals surface area contributed by atoms with Crippen molar-refractivity contribution >= 4 is 41.1 Å². The van der Waals surface area contributed by atoms with Crippen LogP contribution in [0, 0.1) is 16.0 Å². The van der Waals surface area contributed by atoms with Crippen LogP contribution in [0.2, 0.25) is 0 Å². The van der Waals surface area contributed by atoms with Crippen LogP contribution in [0.5, 0.6) is 0 Å². The Hall–Kier alpha value is -5.21. The molecule has 226 valence electrons. The summed E-state index contributed by atoms with van der Waals surface area (Å²) in [6, 6.07) is 12.2. The fourth-order valence-corrected chi connectivity index (χ4v) is 3.62. The van der Waals surface area contributed by atoms with Gasteiger partial charge >= 0.3 is 6.09 Å². The van der Waals surface area contributed by atoms with Gasteiger partial charge in [0, 0.05) is 24.4 Å². The Morgan fingerprint density at radius 1 is 0.976 bits per heavy atom. The quantitative estimate of drug-likeness (QED) is 0.0578. The lowest BCUT2D eigenvalue weighted by atomic mass is 10.0. The Balaban J connectivity index is 1.95. The number of nitrogens with two attached hydrogens (primary N) is 2. The van der Waals surface area contributed by atoms with Crippen molar-refractivity contribution in [3.8, 4) is 0 Å². The van der Waals surface area contributed by atoms with Crippen LogP contribution in [0.15, 0.2) is 59.6 Å². The maximum absolute atomic E-state index is 12.9. The lowest BCUT2D eigenvalue weighted by molar-refractivity contribution is -0.384. The van der Waals surface area contributed by atoms with E-state index in [1.165, 1.54) is 24.3 Å². The molecule has 2 unspecified atom stereocenters. The van der Waals surface area contributed by atoms with E-state index in [0.29, 0.717) is 6.42 Å². The summed E-state index contributed by atoms with van der Waals surface area (Å²) >= 11 is 0.